The maximum absolute atomic E-state index is 11.9. The largest absolute Gasteiger partial charge is 0.335 e. The molecule has 0 saturated carbocycles. The number of amides is 1. The molecule has 0 aliphatic carbocycles. The third kappa shape index (κ3) is 3.94. The summed E-state index contributed by atoms with van der Waals surface area (Å²) in [4.78, 5) is 14.7. The van der Waals surface area contributed by atoms with Gasteiger partial charge in [0.25, 0.3) is 0 Å². The second-order valence-electron chi connectivity index (χ2n) is 3.26. The van der Waals surface area contributed by atoms with Crippen molar-refractivity contribution >= 4 is 33.2 Å². The zero-order valence-electron chi connectivity index (χ0n) is 8.99. The lowest BCUT2D eigenvalue weighted by molar-refractivity contribution is -0.129. The van der Waals surface area contributed by atoms with Gasteiger partial charge in [0, 0.05) is 18.0 Å². The molecule has 1 amide bonds. The fourth-order valence-electron chi connectivity index (χ4n) is 1.30. The molecule has 0 aliphatic rings. The molecule has 0 N–H and O–H groups in total. The van der Waals surface area contributed by atoms with E-state index in [-0.39, 0.29) is 5.91 Å². The number of halogens is 1. The van der Waals surface area contributed by atoms with Gasteiger partial charge in [0.1, 0.15) is 0 Å². The van der Waals surface area contributed by atoms with Crippen molar-refractivity contribution in [2.24, 2.45) is 0 Å². The summed E-state index contributed by atoms with van der Waals surface area (Å²) < 4.78 is 1.05. The van der Waals surface area contributed by atoms with Crippen molar-refractivity contribution in [2.75, 3.05) is 13.1 Å². The van der Waals surface area contributed by atoms with Crippen LogP contribution in [0.25, 0.3) is 0 Å². The van der Waals surface area contributed by atoms with E-state index in [9.17, 15) is 4.79 Å². The molecular formula is C12H14BrNOS. The van der Waals surface area contributed by atoms with Crippen LogP contribution >= 0.6 is 27.3 Å². The molecule has 86 valence electrons. The minimum absolute atomic E-state index is 0.106. The number of carbonyl (C=O) groups excluding carboxylic acids is 1. The van der Waals surface area contributed by atoms with Gasteiger partial charge < -0.3 is 4.90 Å². The highest BCUT2D eigenvalue weighted by molar-refractivity contribution is 9.11. The van der Waals surface area contributed by atoms with Gasteiger partial charge in [-0.15, -0.1) is 24.5 Å². The van der Waals surface area contributed by atoms with E-state index >= 15 is 0 Å². The van der Waals surface area contributed by atoms with Crippen molar-refractivity contribution < 1.29 is 4.79 Å². The number of hydrogen-bond donors (Lipinski definition) is 0. The standard InChI is InChI=1S/C12H14BrNOS/c1-3-7-14(8-4-2)12(15)9-10-5-6-11(13)16-10/h3-6H,1-2,7-9H2. The van der Waals surface area contributed by atoms with Crippen molar-refractivity contribution in [1.82, 2.24) is 4.90 Å². The van der Waals surface area contributed by atoms with Crippen LogP contribution in [-0.4, -0.2) is 23.9 Å². The number of rotatable bonds is 6. The Balaban J connectivity index is 2.60. The number of hydrogen-bond acceptors (Lipinski definition) is 2. The third-order valence-electron chi connectivity index (χ3n) is 2.01. The van der Waals surface area contributed by atoms with Gasteiger partial charge in [0.05, 0.1) is 10.2 Å². The molecule has 0 bridgehead atoms. The number of thiophene rings is 1. The average Bonchev–Trinajstić information content (AvgIpc) is 2.63. The van der Waals surface area contributed by atoms with E-state index in [2.05, 4.69) is 29.1 Å². The molecule has 0 atom stereocenters. The first kappa shape index (κ1) is 13.2. The molecule has 16 heavy (non-hydrogen) atoms. The Bertz CT molecular complexity index is 376. The first-order valence-corrected chi connectivity index (χ1v) is 6.52. The molecule has 0 saturated heterocycles. The zero-order chi connectivity index (χ0) is 12.0. The van der Waals surface area contributed by atoms with E-state index < -0.39 is 0 Å². The van der Waals surface area contributed by atoms with Gasteiger partial charge in [-0.05, 0) is 28.1 Å². The molecule has 0 unspecified atom stereocenters. The smallest absolute Gasteiger partial charge is 0.228 e. The van der Waals surface area contributed by atoms with Crippen molar-refractivity contribution in [3.8, 4) is 0 Å². The van der Waals surface area contributed by atoms with Crippen molar-refractivity contribution in [3.63, 3.8) is 0 Å². The van der Waals surface area contributed by atoms with Crippen LogP contribution in [0.1, 0.15) is 4.88 Å². The summed E-state index contributed by atoms with van der Waals surface area (Å²) in [5, 5.41) is 0. The van der Waals surface area contributed by atoms with Crippen LogP contribution < -0.4 is 0 Å². The van der Waals surface area contributed by atoms with Crippen LogP contribution in [0, 0.1) is 0 Å². The van der Waals surface area contributed by atoms with E-state index in [1.807, 2.05) is 12.1 Å². The van der Waals surface area contributed by atoms with Crippen LogP contribution in [0.4, 0.5) is 0 Å². The van der Waals surface area contributed by atoms with Gasteiger partial charge >= 0.3 is 0 Å². The first-order chi connectivity index (χ1) is 7.67. The average molecular weight is 300 g/mol. The predicted molar refractivity (Wildman–Crippen MR) is 72.7 cm³/mol. The van der Waals surface area contributed by atoms with Crippen LogP contribution in [0.3, 0.4) is 0 Å². The van der Waals surface area contributed by atoms with Crippen LogP contribution in [0.2, 0.25) is 0 Å². The lowest BCUT2D eigenvalue weighted by Gasteiger charge is -2.18. The van der Waals surface area contributed by atoms with E-state index in [0.29, 0.717) is 19.5 Å². The van der Waals surface area contributed by atoms with E-state index in [0.717, 1.165) is 8.66 Å². The Kier molecular flexibility index (Phi) is 5.49. The minimum atomic E-state index is 0.106. The Morgan fingerprint density at radius 3 is 2.44 bits per heavy atom. The molecule has 0 spiro atoms. The maximum atomic E-state index is 11.9. The Labute approximate surface area is 108 Å². The molecule has 2 nitrogen and oxygen atoms in total. The summed E-state index contributed by atoms with van der Waals surface area (Å²) >= 11 is 4.97. The molecule has 0 radical (unpaired) electrons. The maximum Gasteiger partial charge on any atom is 0.228 e. The number of carbonyl (C=O) groups is 1. The highest BCUT2D eigenvalue weighted by Crippen LogP contribution is 2.22. The van der Waals surface area contributed by atoms with E-state index in [1.54, 1.807) is 28.4 Å². The summed E-state index contributed by atoms with van der Waals surface area (Å²) in [6.07, 6.45) is 3.90. The lowest BCUT2D eigenvalue weighted by Crippen LogP contribution is -2.32. The molecule has 0 aliphatic heterocycles. The molecule has 4 heteroatoms. The summed E-state index contributed by atoms with van der Waals surface area (Å²) in [6, 6.07) is 3.92. The van der Waals surface area contributed by atoms with Crippen LogP contribution in [0.15, 0.2) is 41.2 Å². The Morgan fingerprint density at radius 2 is 2.00 bits per heavy atom. The van der Waals surface area contributed by atoms with E-state index in [4.69, 9.17) is 0 Å². The Hall–Kier alpha value is -0.870. The normalized spacial score (nSPS) is 9.81. The molecule has 1 aromatic heterocycles. The highest BCUT2D eigenvalue weighted by atomic mass is 79.9. The van der Waals surface area contributed by atoms with Crippen molar-refractivity contribution in [2.45, 2.75) is 6.42 Å². The van der Waals surface area contributed by atoms with Crippen molar-refractivity contribution in [1.29, 1.82) is 0 Å². The number of nitrogens with zero attached hydrogens (tertiary/aromatic N) is 1. The first-order valence-electron chi connectivity index (χ1n) is 4.91. The summed E-state index contributed by atoms with van der Waals surface area (Å²) in [5.41, 5.74) is 0. The molecular weight excluding hydrogens is 286 g/mol. The molecule has 1 aromatic rings. The summed E-state index contributed by atoms with van der Waals surface area (Å²) in [6.45, 7) is 8.42. The Morgan fingerprint density at radius 1 is 1.38 bits per heavy atom. The molecule has 0 aromatic carbocycles. The SMILES string of the molecule is C=CCN(CC=C)C(=O)Cc1ccc(Br)s1. The minimum Gasteiger partial charge on any atom is -0.335 e. The van der Waals surface area contributed by atoms with Crippen LogP contribution in [0.5, 0.6) is 0 Å². The third-order valence-corrected chi connectivity index (χ3v) is 3.63. The van der Waals surface area contributed by atoms with Crippen molar-refractivity contribution in [3.05, 3.63) is 46.1 Å². The van der Waals surface area contributed by atoms with Gasteiger partial charge in [-0.25, -0.2) is 0 Å². The fourth-order valence-corrected chi connectivity index (χ4v) is 2.77. The van der Waals surface area contributed by atoms with Gasteiger partial charge in [0.2, 0.25) is 5.91 Å². The monoisotopic (exact) mass is 299 g/mol. The zero-order valence-corrected chi connectivity index (χ0v) is 11.4. The quantitative estimate of drug-likeness (QED) is 0.739. The predicted octanol–water partition coefficient (Wildman–Crippen LogP) is 3.25. The van der Waals surface area contributed by atoms with Gasteiger partial charge in [-0.3, -0.25) is 4.79 Å². The summed E-state index contributed by atoms with van der Waals surface area (Å²) in [7, 11) is 0. The van der Waals surface area contributed by atoms with E-state index in [1.165, 1.54) is 0 Å². The second-order valence-corrected chi connectivity index (χ2v) is 5.81. The molecule has 1 rings (SSSR count). The van der Waals surface area contributed by atoms with Gasteiger partial charge in [0.15, 0.2) is 0 Å². The van der Waals surface area contributed by atoms with Crippen LogP contribution in [-0.2, 0) is 11.2 Å². The topological polar surface area (TPSA) is 20.3 Å². The highest BCUT2D eigenvalue weighted by Gasteiger charge is 2.12. The lowest BCUT2D eigenvalue weighted by atomic mass is 10.3. The summed E-state index contributed by atoms with van der Waals surface area (Å²) in [5.74, 6) is 0.106. The van der Waals surface area contributed by atoms with Gasteiger partial charge in [-0.2, -0.15) is 0 Å². The second kappa shape index (κ2) is 6.66. The molecule has 1 heterocycles. The molecule has 0 fully saturated rings. The fraction of sp³-hybridized carbons (Fsp3) is 0.250. The van der Waals surface area contributed by atoms with Gasteiger partial charge in [-0.1, -0.05) is 12.2 Å².